The molecule has 2 amide bonds. The molecule has 4 rings (SSSR count). The van der Waals surface area contributed by atoms with E-state index in [0.29, 0.717) is 24.4 Å². The van der Waals surface area contributed by atoms with Crippen LogP contribution in [-0.2, 0) is 16.0 Å². The van der Waals surface area contributed by atoms with Gasteiger partial charge in [-0.25, -0.2) is 4.39 Å². The summed E-state index contributed by atoms with van der Waals surface area (Å²) in [6.07, 6.45) is 4.74. The summed E-state index contributed by atoms with van der Waals surface area (Å²) < 4.78 is 13.5. The first-order valence-electron chi connectivity index (χ1n) is 10.9. The molecule has 0 bridgehead atoms. The molecule has 2 fully saturated rings. The second-order valence-corrected chi connectivity index (χ2v) is 8.66. The van der Waals surface area contributed by atoms with E-state index >= 15 is 0 Å². The van der Waals surface area contributed by atoms with Gasteiger partial charge in [0, 0.05) is 12.6 Å². The van der Waals surface area contributed by atoms with Gasteiger partial charge in [-0.3, -0.25) is 9.59 Å². The third-order valence-electron chi connectivity index (χ3n) is 6.55. The second kappa shape index (κ2) is 8.99. The summed E-state index contributed by atoms with van der Waals surface area (Å²) in [5.74, 6) is 0.265. The van der Waals surface area contributed by atoms with E-state index < -0.39 is 6.04 Å². The first-order valence-corrected chi connectivity index (χ1v) is 10.9. The van der Waals surface area contributed by atoms with Crippen LogP contribution in [0.1, 0.15) is 49.8 Å². The predicted octanol–water partition coefficient (Wildman–Crippen LogP) is 4.36. The van der Waals surface area contributed by atoms with E-state index in [0.717, 1.165) is 31.2 Å². The molecular formula is C25H29FN2O2. The molecule has 0 N–H and O–H groups in total. The molecule has 1 aliphatic heterocycles. The molecule has 2 aromatic rings. The molecule has 0 unspecified atom stereocenters. The minimum Gasteiger partial charge on any atom is -0.328 e. The minimum absolute atomic E-state index is 0.0292. The maximum atomic E-state index is 13.6. The monoisotopic (exact) mass is 408 g/mol. The van der Waals surface area contributed by atoms with Gasteiger partial charge >= 0.3 is 0 Å². The van der Waals surface area contributed by atoms with Crippen molar-refractivity contribution in [1.29, 1.82) is 0 Å². The van der Waals surface area contributed by atoms with Gasteiger partial charge in [0.05, 0.1) is 0 Å². The Bertz CT molecular complexity index is 876. The van der Waals surface area contributed by atoms with Crippen LogP contribution in [0.25, 0.3) is 0 Å². The Labute approximate surface area is 177 Å². The molecule has 2 aromatic carbocycles. The van der Waals surface area contributed by atoms with Crippen LogP contribution in [-0.4, -0.2) is 40.7 Å². The summed E-state index contributed by atoms with van der Waals surface area (Å²) in [4.78, 5) is 30.3. The third-order valence-corrected chi connectivity index (χ3v) is 6.55. The molecule has 0 spiro atoms. The molecule has 30 heavy (non-hydrogen) atoms. The number of hydrogen-bond donors (Lipinski definition) is 0. The van der Waals surface area contributed by atoms with Crippen molar-refractivity contribution >= 4 is 11.8 Å². The Hall–Kier alpha value is -2.69. The van der Waals surface area contributed by atoms with Crippen LogP contribution in [0, 0.1) is 11.7 Å². The van der Waals surface area contributed by atoms with Crippen LogP contribution in [0.15, 0.2) is 54.6 Å². The smallest absolute Gasteiger partial charge is 0.250 e. The van der Waals surface area contributed by atoms with Crippen LogP contribution in [0.4, 0.5) is 4.39 Å². The molecule has 0 aromatic heterocycles. The Morgan fingerprint density at radius 3 is 2.27 bits per heavy atom. The molecule has 5 heteroatoms. The SMILES string of the molecule is CC1CCC(N2CC(=O)N(CCc3ccccc3)[C@H](c3ccc(F)cc3)C2=O)CC1. The van der Waals surface area contributed by atoms with E-state index in [1.54, 1.807) is 21.9 Å². The summed E-state index contributed by atoms with van der Waals surface area (Å²) >= 11 is 0. The molecule has 1 heterocycles. The molecule has 158 valence electrons. The van der Waals surface area contributed by atoms with Crippen LogP contribution in [0.3, 0.4) is 0 Å². The summed E-state index contributed by atoms with van der Waals surface area (Å²) in [5, 5.41) is 0. The highest BCUT2D eigenvalue weighted by Crippen LogP contribution is 2.34. The number of hydrogen-bond acceptors (Lipinski definition) is 2. The zero-order chi connectivity index (χ0) is 21.1. The number of halogens is 1. The number of nitrogens with zero attached hydrogens (tertiary/aromatic N) is 2. The van der Waals surface area contributed by atoms with E-state index in [1.165, 1.54) is 12.1 Å². The summed E-state index contributed by atoms with van der Waals surface area (Å²) in [6, 6.07) is 15.4. The lowest BCUT2D eigenvalue weighted by Gasteiger charge is -2.45. The molecule has 4 nitrogen and oxygen atoms in total. The number of rotatable bonds is 5. The molecule has 1 atom stereocenters. The Balaban J connectivity index is 1.59. The highest BCUT2D eigenvalue weighted by atomic mass is 19.1. The first kappa shape index (κ1) is 20.6. The van der Waals surface area contributed by atoms with E-state index in [4.69, 9.17) is 0 Å². The van der Waals surface area contributed by atoms with Crippen LogP contribution in [0.2, 0.25) is 0 Å². The molecule has 1 saturated carbocycles. The number of benzene rings is 2. The van der Waals surface area contributed by atoms with Crippen molar-refractivity contribution < 1.29 is 14.0 Å². The Kier molecular flexibility index (Phi) is 6.16. The van der Waals surface area contributed by atoms with Gasteiger partial charge in [0.1, 0.15) is 18.4 Å². The largest absolute Gasteiger partial charge is 0.328 e. The summed E-state index contributed by atoms with van der Waals surface area (Å²) in [6.45, 7) is 2.85. The van der Waals surface area contributed by atoms with E-state index in [2.05, 4.69) is 6.92 Å². The molecule has 0 radical (unpaired) electrons. The van der Waals surface area contributed by atoms with Crippen molar-refractivity contribution in [2.45, 2.75) is 51.1 Å². The number of piperazine rings is 1. The summed E-state index contributed by atoms with van der Waals surface area (Å²) in [5.41, 5.74) is 1.80. The molecule has 1 saturated heterocycles. The Morgan fingerprint density at radius 2 is 1.60 bits per heavy atom. The van der Waals surface area contributed by atoms with Gasteiger partial charge in [-0.05, 0) is 61.3 Å². The topological polar surface area (TPSA) is 40.6 Å². The van der Waals surface area contributed by atoms with Gasteiger partial charge in [0.25, 0.3) is 5.91 Å². The lowest BCUT2D eigenvalue weighted by Crippen LogP contribution is -2.59. The first-order chi connectivity index (χ1) is 14.5. The lowest BCUT2D eigenvalue weighted by atomic mass is 9.85. The number of carbonyl (C=O) groups is 2. The predicted molar refractivity (Wildman–Crippen MR) is 114 cm³/mol. The number of amides is 2. The van der Waals surface area contributed by atoms with Crippen molar-refractivity contribution in [3.8, 4) is 0 Å². The van der Waals surface area contributed by atoms with E-state index in [1.807, 2.05) is 30.3 Å². The molecule has 2 aliphatic rings. The van der Waals surface area contributed by atoms with Gasteiger partial charge in [0.15, 0.2) is 0 Å². The standard InChI is InChI=1S/C25H29FN2O2/c1-18-7-13-22(14-8-18)28-17-23(29)27(16-15-19-5-3-2-4-6-19)24(25(28)30)20-9-11-21(26)12-10-20/h2-6,9-12,18,22,24H,7-8,13-17H2,1H3/t18?,22?,24-/m1/s1. The zero-order valence-electron chi connectivity index (χ0n) is 17.5. The van der Waals surface area contributed by atoms with Gasteiger partial charge < -0.3 is 9.80 Å². The fourth-order valence-electron chi connectivity index (χ4n) is 4.73. The van der Waals surface area contributed by atoms with Crippen molar-refractivity contribution in [3.63, 3.8) is 0 Å². The average molecular weight is 409 g/mol. The van der Waals surface area contributed by atoms with Gasteiger partial charge in [-0.15, -0.1) is 0 Å². The van der Waals surface area contributed by atoms with E-state index in [-0.39, 0.29) is 30.2 Å². The van der Waals surface area contributed by atoms with Crippen molar-refractivity contribution in [3.05, 3.63) is 71.5 Å². The number of carbonyl (C=O) groups excluding carboxylic acids is 2. The van der Waals surface area contributed by atoms with Gasteiger partial charge in [-0.1, -0.05) is 49.4 Å². The fraction of sp³-hybridized carbons (Fsp3) is 0.440. The van der Waals surface area contributed by atoms with Crippen LogP contribution >= 0.6 is 0 Å². The van der Waals surface area contributed by atoms with Crippen molar-refractivity contribution in [1.82, 2.24) is 9.80 Å². The normalized spacial score (nSPS) is 24.9. The molecular weight excluding hydrogens is 379 g/mol. The average Bonchev–Trinajstić information content (AvgIpc) is 2.76. The molecule has 1 aliphatic carbocycles. The maximum Gasteiger partial charge on any atom is 0.250 e. The second-order valence-electron chi connectivity index (χ2n) is 8.66. The lowest BCUT2D eigenvalue weighted by molar-refractivity contribution is -0.159. The minimum atomic E-state index is -0.685. The summed E-state index contributed by atoms with van der Waals surface area (Å²) in [7, 11) is 0. The fourth-order valence-corrected chi connectivity index (χ4v) is 4.73. The van der Waals surface area contributed by atoms with Crippen LogP contribution < -0.4 is 0 Å². The Morgan fingerprint density at radius 1 is 0.933 bits per heavy atom. The van der Waals surface area contributed by atoms with Crippen LogP contribution in [0.5, 0.6) is 0 Å². The zero-order valence-corrected chi connectivity index (χ0v) is 17.5. The third kappa shape index (κ3) is 4.40. The van der Waals surface area contributed by atoms with E-state index in [9.17, 15) is 14.0 Å². The van der Waals surface area contributed by atoms with Crippen molar-refractivity contribution in [2.75, 3.05) is 13.1 Å². The van der Waals surface area contributed by atoms with Gasteiger partial charge in [0.2, 0.25) is 5.91 Å². The highest BCUT2D eigenvalue weighted by Gasteiger charge is 2.43. The quantitative estimate of drug-likeness (QED) is 0.738. The van der Waals surface area contributed by atoms with Crippen molar-refractivity contribution in [2.24, 2.45) is 5.92 Å². The maximum absolute atomic E-state index is 13.6. The van der Waals surface area contributed by atoms with Gasteiger partial charge in [-0.2, -0.15) is 0 Å². The highest BCUT2D eigenvalue weighted by molar-refractivity contribution is 5.95.